The molecule has 2 atom stereocenters. The van der Waals surface area contributed by atoms with E-state index in [1.165, 1.54) is 12.8 Å². The minimum atomic E-state index is -0.676. The fraction of sp³-hybridized carbons (Fsp3) is 0.722. The van der Waals surface area contributed by atoms with E-state index in [1.54, 1.807) is 0 Å². The van der Waals surface area contributed by atoms with Crippen LogP contribution in [0.25, 0.3) is 0 Å². The molecule has 3 heteroatoms. The first kappa shape index (κ1) is 18.0. The van der Waals surface area contributed by atoms with Gasteiger partial charge in [0, 0.05) is 6.42 Å². The number of carboxylic acid groups (broad SMARTS) is 1. The zero-order chi connectivity index (χ0) is 15.3. The second-order valence-electron chi connectivity index (χ2n) is 5.74. The molecule has 3 nitrogen and oxygen atoms in total. The number of carbonyl (C=O) groups is 1. The Bertz CT molecular complexity index is 333. The van der Waals surface area contributed by atoms with Gasteiger partial charge in [0.15, 0.2) is 0 Å². The predicted octanol–water partition coefficient (Wildman–Crippen LogP) is 4.87. The molecule has 0 bridgehead atoms. The summed E-state index contributed by atoms with van der Waals surface area (Å²) in [6, 6.07) is 0. The Labute approximate surface area is 129 Å². The van der Waals surface area contributed by atoms with Crippen molar-refractivity contribution in [1.82, 2.24) is 0 Å². The third-order valence-corrected chi connectivity index (χ3v) is 3.83. The predicted molar refractivity (Wildman–Crippen MR) is 86.4 cm³/mol. The summed E-state index contributed by atoms with van der Waals surface area (Å²) in [5.74, 6) is -0.676. The Kier molecular flexibility index (Phi) is 9.88. The molecule has 21 heavy (non-hydrogen) atoms. The summed E-state index contributed by atoms with van der Waals surface area (Å²) in [6.45, 7) is 2.17. The molecule has 120 valence electrons. The third kappa shape index (κ3) is 10.3. The first-order valence-electron chi connectivity index (χ1n) is 8.41. The van der Waals surface area contributed by atoms with E-state index in [1.807, 2.05) is 0 Å². The third-order valence-electron chi connectivity index (χ3n) is 3.83. The van der Waals surface area contributed by atoms with Crippen LogP contribution in [0.3, 0.4) is 0 Å². The molecule has 0 saturated carbocycles. The lowest BCUT2D eigenvalue weighted by atomic mass is 10.1. The molecule has 0 amide bonds. The summed E-state index contributed by atoms with van der Waals surface area (Å²) in [5, 5.41) is 8.51. The van der Waals surface area contributed by atoms with Crippen LogP contribution in [0.5, 0.6) is 0 Å². The van der Waals surface area contributed by atoms with Crippen molar-refractivity contribution in [2.75, 3.05) is 0 Å². The number of hydrogen-bond donors (Lipinski definition) is 1. The standard InChI is InChI=1S/C18H30O3/c1-2-16-17(21-16)14-12-10-8-6-4-3-5-7-9-11-13-15-18(19)20/h4,6,10,12,16-17H,2-3,5,7-9,11,13-15H2,1H3,(H,19,20)/t16-,17+/m1/s1. The SMILES string of the molecule is CC[C@H]1O[C@H]1CC=CCC=CCCCCCCCC(=O)O. The summed E-state index contributed by atoms with van der Waals surface area (Å²) in [6.07, 6.45) is 20.0. The average molecular weight is 294 g/mol. The molecule has 1 heterocycles. The summed E-state index contributed by atoms with van der Waals surface area (Å²) in [7, 11) is 0. The molecule has 0 aromatic carbocycles. The molecule has 0 unspecified atom stereocenters. The molecule has 0 radical (unpaired) electrons. The van der Waals surface area contributed by atoms with E-state index in [4.69, 9.17) is 9.84 Å². The highest BCUT2D eigenvalue weighted by Crippen LogP contribution is 2.28. The van der Waals surface area contributed by atoms with Crippen molar-refractivity contribution in [3.8, 4) is 0 Å². The van der Waals surface area contributed by atoms with Gasteiger partial charge in [0.25, 0.3) is 0 Å². The van der Waals surface area contributed by atoms with E-state index in [0.717, 1.165) is 44.9 Å². The fourth-order valence-electron chi connectivity index (χ4n) is 2.43. The largest absolute Gasteiger partial charge is 0.481 e. The van der Waals surface area contributed by atoms with E-state index in [-0.39, 0.29) is 0 Å². The van der Waals surface area contributed by atoms with Crippen molar-refractivity contribution >= 4 is 5.97 Å². The van der Waals surface area contributed by atoms with E-state index in [0.29, 0.717) is 18.6 Å². The minimum Gasteiger partial charge on any atom is -0.481 e. The number of carboxylic acids is 1. The van der Waals surface area contributed by atoms with Gasteiger partial charge in [-0.05, 0) is 38.5 Å². The Morgan fingerprint density at radius 3 is 2.43 bits per heavy atom. The second-order valence-corrected chi connectivity index (χ2v) is 5.74. The van der Waals surface area contributed by atoms with Crippen molar-refractivity contribution in [3.63, 3.8) is 0 Å². The van der Waals surface area contributed by atoms with Crippen LogP contribution in [0.2, 0.25) is 0 Å². The first-order chi connectivity index (χ1) is 10.2. The number of rotatable bonds is 13. The van der Waals surface area contributed by atoms with Crippen molar-refractivity contribution in [2.24, 2.45) is 0 Å². The quantitative estimate of drug-likeness (QED) is 0.299. The van der Waals surface area contributed by atoms with Gasteiger partial charge in [0.1, 0.15) is 0 Å². The molecule has 1 aliphatic heterocycles. The van der Waals surface area contributed by atoms with E-state index in [2.05, 4.69) is 31.2 Å². The van der Waals surface area contributed by atoms with Crippen LogP contribution >= 0.6 is 0 Å². The lowest BCUT2D eigenvalue weighted by Gasteiger charge is -1.98. The summed E-state index contributed by atoms with van der Waals surface area (Å²) in [4.78, 5) is 10.3. The first-order valence-corrected chi connectivity index (χ1v) is 8.41. The maximum atomic E-state index is 10.3. The number of epoxide rings is 1. The molecular weight excluding hydrogens is 264 g/mol. The van der Waals surface area contributed by atoms with Crippen LogP contribution in [-0.2, 0) is 9.53 Å². The van der Waals surface area contributed by atoms with Gasteiger partial charge in [0.05, 0.1) is 12.2 Å². The lowest BCUT2D eigenvalue weighted by molar-refractivity contribution is -0.137. The second kappa shape index (κ2) is 11.6. The fourth-order valence-corrected chi connectivity index (χ4v) is 2.43. The van der Waals surface area contributed by atoms with E-state index < -0.39 is 5.97 Å². The maximum Gasteiger partial charge on any atom is 0.303 e. The van der Waals surface area contributed by atoms with Gasteiger partial charge in [-0.3, -0.25) is 4.79 Å². The van der Waals surface area contributed by atoms with E-state index in [9.17, 15) is 4.79 Å². The summed E-state index contributed by atoms with van der Waals surface area (Å²) >= 11 is 0. The zero-order valence-electron chi connectivity index (χ0n) is 13.3. The van der Waals surface area contributed by atoms with Crippen LogP contribution in [0, 0.1) is 0 Å². The highest BCUT2D eigenvalue weighted by Gasteiger charge is 2.35. The number of ether oxygens (including phenoxy) is 1. The zero-order valence-corrected chi connectivity index (χ0v) is 13.3. The molecule has 1 aliphatic rings. The van der Waals surface area contributed by atoms with Gasteiger partial charge >= 0.3 is 5.97 Å². The molecular formula is C18H30O3. The molecule has 0 aromatic heterocycles. The van der Waals surface area contributed by atoms with Crippen LogP contribution in [0.1, 0.15) is 71.1 Å². The number of unbranched alkanes of at least 4 members (excludes halogenated alkanes) is 5. The van der Waals surface area contributed by atoms with Crippen molar-refractivity contribution in [2.45, 2.75) is 83.3 Å². The van der Waals surface area contributed by atoms with Gasteiger partial charge < -0.3 is 9.84 Å². The lowest BCUT2D eigenvalue weighted by Crippen LogP contribution is -1.93. The van der Waals surface area contributed by atoms with Crippen molar-refractivity contribution in [1.29, 1.82) is 0 Å². The Hall–Kier alpha value is -1.09. The smallest absolute Gasteiger partial charge is 0.303 e. The van der Waals surface area contributed by atoms with Crippen LogP contribution in [-0.4, -0.2) is 23.3 Å². The topological polar surface area (TPSA) is 49.8 Å². The Morgan fingerprint density at radius 1 is 1.00 bits per heavy atom. The van der Waals surface area contributed by atoms with Gasteiger partial charge in [-0.2, -0.15) is 0 Å². The molecule has 0 spiro atoms. The Morgan fingerprint density at radius 2 is 1.71 bits per heavy atom. The van der Waals surface area contributed by atoms with Gasteiger partial charge in [0.2, 0.25) is 0 Å². The Balaban J connectivity index is 1.80. The number of aliphatic carboxylic acids is 1. The molecule has 0 aromatic rings. The average Bonchev–Trinajstić information content (AvgIpc) is 3.22. The summed E-state index contributed by atoms with van der Waals surface area (Å²) in [5.41, 5.74) is 0. The monoisotopic (exact) mass is 294 g/mol. The van der Waals surface area contributed by atoms with Crippen LogP contribution in [0.15, 0.2) is 24.3 Å². The van der Waals surface area contributed by atoms with Gasteiger partial charge in [-0.15, -0.1) is 0 Å². The van der Waals surface area contributed by atoms with Gasteiger partial charge in [-0.25, -0.2) is 0 Å². The number of hydrogen-bond acceptors (Lipinski definition) is 2. The molecule has 1 fully saturated rings. The maximum absolute atomic E-state index is 10.3. The number of allylic oxidation sites excluding steroid dienone is 3. The molecule has 1 rings (SSSR count). The minimum absolute atomic E-state index is 0.317. The normalized spacial score (nSPS) is 21.4. The van der Waals surface area contributed by atoms with Crippen LogP contribution in [0.4, 0.5) is 0 Å². The summed E-state index contributed by atoms with van der Waals surface area (Å²) < 4.78 is 5.48. The van der Waals surface area contributed by atoms with Crippen molar-refractivity contribution < 1.29 is 14.6 Å². The van der Waals surface area contributed by atoms with Crippen molar-refractivity contribution in [3.05, 3.63) is 24.3 Å². The highest BCUT2D eigenvalue weighted by molar-refractivity contribution is 5.66. The molecule has 0 aliphatic carbocycles. The molecule has 1 saturated heterocycles. The van der Waals surface area contributed by atoms with Crippen LogP contribution < -0.4 is 0 Å². The van der Waals surface area contributed by atoms with Gasteiger partial charge in [-0.1, -0.05) is 50.5 Å². The van der Waals surface area contributed by atoms with E-state index >= 15 is 0 Å². The highest BCUT2D eigenvalue weighted by atomic mass is 16.6. The molecule has 1 N–H and O–H groups in total.